The van der Waals surface area contributed by atoms with Gasteiger partial charge in [0.15, 0.2) is 5.70 Å². The molecule has 26 heavy (non-hydrogen) atoms. The summed E-state index contributed by atoms with van der Waals surface area (Å²) in [5, 5.41) is 11.1. The molecule has 0 bridgehead atoms. The van der Waals surface area contributed by atoms with Gasteiger partial charge in [0.1, 0.15) is 11.5 Å². The molecule has 2 aromatic carbocycles. The lowest BCUT2D eigenvalue weighted by Gasteiger charge is -2.07. The van der Waals surface area contributed by atoms with Crippen molar-refractivity contribution in [3.05, 3.63) is 69.4 Å². The van der Waals surface area contributed by atoms with Crippen molar-refractivity contribution >= 4 is 23.6 Å². The Hall–Kier alpha value is -3.68. The van der Waals surface area contributed by atoms with Crippen molar-refractivity contribution in [2.45, 2.75) is 0 Å². The molecule has 132 valence electrons. The molecule has 0 radical (unpaired) electrons. The number of benzene rings is 2. The summed E-state index contributed by atoms with van der Waals surface area (Å²) in [5.74, 6) is 0.389. The average Bonchev–Trinajstić information content (AvgIpc) is 3.02. The fourth-order valence-electron chi connectivity index (χ4n) is 2.39. The Labute approximate surface area is 148 Å². The lowest BCUT2D eigenvalue weighted by Crippen LogP contribution is -2.06. The Kier molecular flexibility index (Phi) is 4.66. The van der Waals surface area contributed by atoms with E-state index in [-0.39, 0.29) is 22.8 Å². The van der Waals surface area contributed by atoms with Gasteiger partial charge < -0.3 is 14.2 Å². The minimum atomic E-state index is -0.695. The van der Waals surface area contributed by atoms with E-state index < -0.39 is 10.9 Å². The van der Waals surface area contributed by atoms with Gasteiger partial charge >= 0.3 is 5.97 Å². The molecule has 1 aliphatic rings. The van der Waals surface area contributed by atoms with Crippen LogP contribution in [0.3, 0.4) is 0 Å². The van der Waals surface area contributed by atoms with E-state index in [1.807, 2.05) is 0 Å². The molecule has 0 saturated carbocycles. The van der Waals surface area contributed by atoms with Crippen LogP contribution in [-0.4, -0.2) is 31.0 Å². The van der Waals surface area contributed by atoms with Crippen molar-refractivity contribution in [1.29, 1.82) is 0 Å². The van der Waals surface area contributed by atoms with Crippen LogP contribution in [0.2, 0.25) is 0 Å². The topological polar surface area (TPSA) is 100 Å². The maximum absolute atomic E-state index is 12.1. The largest absolute Gasteiger partial charge is 0.497 e. The Morgan fingerprint density at radius 3 is 2.38 bits per heavy atom. The number of nitro groups is 1. The van der Waals surface area contributed by atoms with Gasteiger partial charge in [-0.3, -0.25) is 10.1 Å². The van der Waals surface area contributed by atoms with Gasteiger partial charge in [-0.15, -0.1) is 0 Å². The number of hydrogen-bond donors (Lipinski definition) is 0. The van der Waals surface area contributed by atoms with Gasteiger partial charge in [-0.25, -0.2) is 9.79 Å². The highest BCUT2D eigenvalue weighted by atomic mass is 16.6. The maximum atomic E-state index is 12.1. The van der Waals surface area contributed by atoms with Crippen molar-refractivity contribution in [1.82, 2.24) is 0 Å². The molecule has 0 aliphatic carbocycles. The summed E-state index contributed by atoms with van der Waals surface area (Å²) >= 11 is 0. The number of carbonyl (C=O) groups excluding carboxylic acids is 1. The fraction of sp³-hybridized carbons (Fsp3) is 0.111. The van der Waals surface area contributed by atoms with Gasteiger partial charge in [-0.2, -0.15) is 0 Å². The Bertz CT molecular complexity index is 926. The zero-order valence-corrected chi connectivity index (χ0v) is 14.0. The maximum Gasteiger partial charge on any atom is 0.363 e. The van der Waals surface area contributed by atoms with E-state index >= 15 is 0 Å². The zero-order chi connectivity index (χ0) is 18.7. The minimum Gasteiger partial charge on any atom is -0.497 e. The van der Waals surface area contributed by atoms with Crippen LogP contribution in [-0.2, 0) is 9.53 Å². The summed E-state index contributed by atoms with van der Waals surface area (Å²) in [6, 6.07) is 11.0. The number of rotatable bonds is 5. The number of methoxy groups -OCH3 is 2. The van der Waals surface area contributed by atoms with Gasteiger partial charge in [0.05, 0.1) is 24.7 Å². The Balaban J connectivity index is 2.02. The third-order valence-electron chi connectivity index (χ3n) is 3.64. The molecular weight excluding hydrogens is 340 g/mol. The van der Waals surface area contributed by atoms with E-state index in [2.05, 4.69) is 4.99 Å². The van der Waals surface area contributed by atoms with Crippen LogP contribution >= 0.6 is 0 Å². The molecule has 0 unspecified atom stereocenters. The third-order valence-corrected chi connectivity index (χ3v) is 3.64. The van der Waals surface area contributed by atoms with Gasteiger partial charge in [0.25, 0.3) is 5.69 Å². The summed E-state index contributed by atoms with van der Waals surface area (Å²) in [4.78, 5) is 26.9. The first-order valence-corrected chi connectivity index (χ1v) is 7.51. The number of nitrogens with zero attached hydrogens (tertiary/aromatic N) is 2. The van der Waals surface area contributed by atoms with Crippen LogP contribution in [0.1, 0.15) is 11.1 Å². The van der Waals surface area contributed by atoms with Crippen molar-refractivity contribution in [2.24, 2.45) is 4.99 Å². The quantitative estimate of drug-likeness (QED) is 0.354. The number of para-hydroxylation sites is 1. The lowest BCUT2D eigenvalue weighted by atomic mass is 10.1. The predicted octanol–water partition coefficient (Wildman–Crippen LogP) is 2.96. The van der Waals surface area contributed by atoms with Crippen LogP contribution in [0.4, 0.5) is 5.69 Å². The van der Waals surface area contributed by atoms with E-state index in [0.29, 0.717) is 17.1 Å². The van der Waals surface area contributed by atoms with Crippen LogP contribution in [0.25, 0.3) is 6.08 Å². The molecule has 0 N–H and O–H groups in total. The molecule has 0 aromatic heterocycles. The van der Waals surface area contributed by atoms with E-state index in [1.165, 1.54) is 32.4 Å². The predicted molar refractivity (Wildman–Crippen MR) is 93.2 cm³/mol. The molecule has 3 rings (SSSR count). The van der Waals surface area contributed by atoms with Gasteiger partial charge in [-0.05, 0) is 24.3 Å². The van der Waals surface area contributed by atoms with Gasteiger partial charge in [-0.1, -0.05) is 12.1 Å². The summed E-state index contributed by atoms with van der Waals surface area (Å²) in [5.41, 5.74) is 0.591. The Morgan fingerprint density at radius 2 is 1.77 bits per heavy atom. The van der Waals surface area contributed by atoms with Crippen molar-refractivity contribution in [3.63, 3.8) is 0 Å². The molecule has 8 heteroatoms. The number of aliphatic imine (C=N–C) groups is 1. The zero-order valence-electron chi connectivity index (χ0n) is 14.0. The molecule has 0 spiro atoms. The smallest absolute Gasteiger partial charge is 0.363 e. The van der Waals surface area contributed by atoms with Gasteiger partial charge in [0.2, 0.25) is 5.90 Å². The van der Waals surface area contributed by atoms with Crippen molar-refractivity contribution in [3.8, 4) is 11.5 Å². The summed E-state index contributed by atoms with van der Waals surface area (Å²) < 4.78 is 15.6. The summed E-state index contributed by atoms with van der Waals surface area (Å²) in [6.07, 6.45) is 1.32. The molecule has 0 amide bonds. The molecule has 0 saturated heterocycles. The Morgan fingerprint density at radius 1 is 1.12 bits per heavy atom. The van der Waals surface area contributed by atoms with Crippen LogP contribution < -0.4 is 9.47 Å². The second-order valence-corrected chi connectivity index (χ2v) is 5.25. The number of hydrogen-bond acceptors (Lipinski definition) is 7. The van der Waals surface area contributed by atoms with Crippen molar-refractivity contribution in [2.75, 3.05) is 14.2 Å². The van der Waals surface area contributed by atoms with E-state index in [1.54, 1.807) is 30.3 Å². The first kappa shape index (κ1) is 17.2. The second kappa shape index (κ2) is 7.06. The fourth-order valence-corrected chi connectivity index (χ4v) is 2.39. The van der Waals surface area contributed by atoms with Crippen LogP contribution in [0.15, 0.2) is 53.2 Å². The first-order valence-electron chi connectivity index (χ1n) is 7.51. The van der Waals surface area contributed by atoms with Crippen LogP contribution in [0.5, 0.6) is 11.5 Å². The normalized spacial score (nSPS) is 14.8. The third kappa shape index (κ3) is 3.39. The highest BCUT2D eigenvalue weighted by molar-refractivity contribution is 6.13. The summed E-state index contributed by atoms with van der Waals surface area (Å²) in [7, 11) is 3.00. The molecule has 0 fully saturated rings. The number of ether oxygens (including phenoxy) is 3. The van der Waals surface area contributed by atoms with E-state index in [0.717, 1.165) is 0 Å². The number of carbonyl (C=O) groups is 1. The lowest BCUT2D eigenvalue weighted by molar-refractivity contribution is -0.385. The van der Waals surface area contributed by atoms with E-state index in [4.69, 9.17) is 14.2 Å². The molecule has 8 nitrogen and oxygen atoms in total. The molecule has 1 heterocycles. The minimum absolute atomic E-state index is 0.0314. The SMILES string of the molecule is COc1cc(OC)cc(C2=N/C(=C\c3ccccc3[N+](=O)[O-])C(=O)O2)c1. The monoisotopic (exact) mass is 354 g/mol. The highest BCUT2D eigenvalue weighted by Crippen LogP contribution is 2.27. The number of nitro benzene ring substituents is 1. The molecule has 2 aromatic rings. The number of esters is 1. The van der Waals surface area contributed by atoms with Crippen molar-refractivity contribution < 1.29 is 23.9 Å². The summed E-state index contributed by atoms with van der Waals surface area (Å²) in [6.45, 7) is 0. The standard InChI is InChI=1S/C18H14N2O6/c1-24-13-7-12(8-14(10-13)25-2)17-19-15(18(21)26-17)9-11-5-3-4-6-16(11)20(22)23/h3-10H,1-2H3/b15-9-. The van der Waals surface area contributed by atoms with Crippen LogP contribution in [0, 0.1) is 10.1 Å². The first-order chi connectivity index (χ1) is 12.5. The average molecular weight is 354 g/mol. The molecular formula is C18H14N2O6. The number of cyclic esters (lactones) is 1. The molecule has 1 aliphatic heterocycles. The molecule has 0 atom stereocenters. The highest BCUT2D eigenvalue weighted by Gasteiger charge is 2.26. The second-order valence-electron chi connectivity index (χ2n) is 5.25. The van der Waals surface area contributed by atoms with Gasteiger partial charge in [0, 0.05) is 17.7 Å². The van der Waals surface area contributed by atoms with E-state index in [9.17, 15) is 14.9 Å².